The number of rotatable bonds is 5. The molecule has 0 radical (unpaired) electrons. The predicted octanol–water partition coefficient (Wildman–Crippen LogP) is 2.04. The van der Waals surface area contributed by atoms with Crippen molar-refractivity contribution in [2.24, 2.45) is 0 Å². The van der Waals surface area contributed by atoms with Crippen LogP contribution in [0.2, 0.25) is 0 Å². The summed E-state index contributed by atoms with van der Waals surface area (Å²) in [5.74, 6) is -3.68. The smallest absolute Gasteiger partial charge is 0.305 e. The Balaban J connectivity index is 2.21. The average Bonchev–Trinajstić information content (AvgIpc) is 3.13. The lowest BCUT2D eigenvalue weighted by Crippen LogP contribution is -2.36. The van der Waals surface area contributed by atoms with Gasteiger partial charge in [0, 0.05) is 12.6 Å². The molecule has 0 aromatic heterocycles. The molecule has 0 heterocycles. The van der Waals surface area contributed by atoms with Gasteiger partial charge in [0.15, 0.2) is 0 Å². The highest BCUT2D eigenvalue weighted by molar-refractivity contribution is 5.95. The summed E-state index contributed by atoms with van der Waals surface area (Å²) in [5, 5.41) is 8.64. The summed E-state index contributed by atoms with van der Waals surface area (Å²) in [5.41, 5.74) is -0.611. The van der Waals surface area contributed by atoms with E-state index in [9.17, 15) is 18.4 Å². The van der Waals surface area contributed by atoms with Crippen LogP contribution in [0.3, 0.4) is 0 Å². The van der Waals surface area contributed by atoms with Crippen molar-refractivity contribution in [2.45, 2.75) is 25.3 Å². The van der Waals surface area contributed by atoms with Gasteiger partial charge in [0.1, 0.15) is 17.2 Å². The Morgan fingerprint density at radius 1 is 1.26 bits per heavy atom. The van der Waals surface area contributed by atoms with E-state index in [0.29, 0.717) is 0 Å². The van der Waals surface area contributed by atoms with E-state index >= 15 is 0 Å². The van der Waals surface area contributed by atoms with Crippen LogP contribution in [0, 0.1) is 11.6 Å². The zero-order valence-corrected chi connectivity index (χ0v) is 10.1. The molecule has 1 amide bonds. The summed E-state index contributed by atoms with van der Waals surface area (Å²) < 4.78 is 27.1. The van der Waals surface area contributed by atoms with Gasteiger partial charge in [-0.25, -0.2) is 8.78 Å². The Morgan fingerprint density at radius 2 is 1.84 bits per heavy atom. The van der Waals surface area contributed by atoms with Crippen molar-refractivity contribution >= 4 is 11.9 Å². The number of carboxylic acid groups (broad SMARTS) is 1. The highest BCUT2D eigenvalue weighted by Crippen LogP contribution is 2.29. The summed E-state index contributed by atoms with van der Waals surface area (Å²) in [6, 6.07) is 3.10. The first kappa shape index (κ1) is 13.5. The Hall–Kier alpha value is -1.98. The molecule has 102 valence electrons. The molecule has 0 spiro atoms. The van der Waals surface area contributed by atoms with Crippen LogP contribution in [0.5, 0.6) is 0 Å². The van der Waals surface area contributed by atoms with Crippen molar-refractivity contribution in [3.05, 3.63) is 35.4 Å². The lowest BCUT2D eigenvalue weighted by molar-refractivity contribution is -0.137. The van der Waals surface area contributed by atoms with Crippen LogP contribution in [-0.4, -0.2) is 34.5 Å². The van der Waals surface area contributed by atoms with Crippen molar-refractivity contribution < 1.29 is 23.5 Å². The number of amides is 1. The Morgan fingerprint density at radius 3 is 2.32 bits per heavy atom. The third kappa shape index (κ3) is 3.07. The van der Waals surface area contributed by atoms with E-state index in [1.807, 2.05) is 0 Å². The summed E-state index contributed by atoms with van der Waals surface area (Å²) in [4.78, 5) is 23.9. The van der Waals surface area contributed by atoms with Gasteiger partial charge in [0.25, 0.3) is 5.91 Å². The Bertz CT molecular complexity index is 494. The molecule has 1 aromatic rings. The number of carbonyl (C=O) groups is 2. The average molecular weight is 269 g/mol. The number of carboxylic acids is 1. The number of halogens is 2. The van der Waals surface area contributed by atoms with E-state index < -0.39 is 29.1 Å². The molecule has 6 heteroatoms. The molecular formula is C13H13F2NO3. The molecule has 1 aliphatic carbocycles. The third-order valence-corrected chi connectivity index (χ3v) is 2.99. The minimum absolute atomic E-state index is 0.0351. The van der Waals surface area contributed by atoms with Crippen LogP contribution < -0.4 is 0 Å². The molecule has 0 saturated heterocycles. The van der Waals surface area contributed by atoms with Gasteiger partial charge in [-0.15, -0.1) is 0 Å². The summed E-state index contributed by atoms with van der Waals surface area (Å²) in [7, 11) is 0. The van der Waals surface area contributed by atoms with E-state index in [-0.39, 0.29) is 19.0 Å². The molecule has 1 saturated carbocycles. The van der Waals surface area contributed by atoms with Gasteiger partial charge in [-0.2, -0.15) is 0 Å². The lowest BCUT2D eigenvalue weighted by atomic mass is 10.1. The van der Waals surface area contributed by atoms with E-state index in [2.05, 4.69) is 0 Å². The fourth-order valence-electron chi connectivity index (χ4n) is 1.90. The molecule has 1 N–H and O–H groups in total. The van der Waals surface area contributed by atoms with Crippen molar-refractivity contribution in [3.63, 3.8) is 0 Å². The molecule has 1 aromatic carbocycles. The molecule has 0 unspecified atom stereocenters. The molecule has 0 atom stereocenters. The van der Waals surface area contributed by atoms with Crippen molar-refractivity contribution in [1.82, 2.24) is 4.90 Å². The van der Waals surface area contributed by atoms with Gasteiger partial charge in [0.05, 0.1) is 6.42 Å². The fraction of sp³-hybridized carbons (Fsp3) is 0.385. The predicted molar refractivity (Wildman–Crippen MR) is 62.7 cm³/mol. The van der Waals surface area contributed by atoms with Crippen molar-refractivity contribution in [3.8, 4) is 0 Å². The minimum atomic E-state index is -1.05. The molecule has 19 heavy (non-hydrogen) atoms. The second-order valence-corrected chi connectivity index (χ2v) is 4.47. The van der Waals surface area contributed by atoms with Gasteiger partial charge >= 0.3 is 5.97 Å². The summed E-state index contributed by atoms with van der Waals surface area (Å²) in [6.45, 7) is -0.0351. The summed E-state index contributed by atoms with van der Waals surface area (Å²) in [6.07, 6.45) is 1.24. The van der Waals surface area contributed by atoms with E-state index in [4.69, 9.17) is 5.11 Å². The fourth-order valence-corrected chi connectivity index (χ4v) is 1.90. The van der Waals surface area contributed by atoms with Crippen molar-refractivity contribution in [1.29, 1.82) is 0 Å². The van der Waals surface area contributed by atoms with Gasteiger partial charge in [-0.1, -0.05) is 6.07 Å². The number of hydrogen-bond acceptors (Lipinski definition) is 2. The number of nitrogens with zero attached hydrogens (tertiary/aromatic N) is 1. The molecule has 0 aliphatic heterocycles. The maximum Gasteiger partial charge on any atom is 0.305 e. The molecule has 4 nitrogen and oxygen atoms in total. The SMILES string of the molecule is O=C(O)CCN(C(=O)c1c(F)cccc1F)C1CC1. The van der Waals surface area contributed by atoms with E-state index in [0.717, 1.165) is 25.0 Å². The zero-order chi connectivity index (χ0) is 14.0. The molecule has 1 aliphatic rings. The number of hydrogen-bond donors (Lipinski definition) is 1. The quantitative estimate of drug-likeness (QED) is 0.890. The van der Waals surface area contributed by atoms with Crippen LogP contribution in [0.25, 0.3) is 0 Å². The second-order valence-electron chi connectivity index (χ2n) is 4.47. The maximum absolute atomic E-state index is 13.5. The minimum Gasteiger partial charge on any atom is -0.481 e. The monoisotopic (exact) mass is 269 g/mol. The Kier molecular flexibility index (Phi) is 3.78. The standard InChI is InChI=1S/C13H13F2NO3/c14-9-2-1-3-10(15)12(9)13(19)16(8-4-5-8)7-6-11(17)18/h1-3,8H,4-7H2,(H,17,18). The van der Waals surface area contributed by atoms with Crippen LogP contribution in [-0.2, 0) is 4.79 Å². The van der Waals surface area contributed by atoms with Crippen LogP contribution in [0.4, 0.5) is 8.78 Å². The van der Waals surface area contributed by atoms with Gasteiger partial charge in [-0.3, -0.25) is 9.59 Å². The summed E-state index contributed by atoms with van der Waals surface area (Å²) >= 11 is 0. The van der Waals surface area contributed by atoms with Crippen LogP contribution >= 0.6 is 0 Å². The van der Waals surface area contributed by atoms with Crippen LogP contribution in [0.1, 0.15) is 29.6 Å². The third-order valence-electron chi connectivity index (χ3n) is 2.99. The van der Waals surface area contributed by atoms with E-state index in [1.165, 1.54) is 11.0 Å². The van der Waals surface area contributed by atoms with E-state index in [1.54, 1.807) is 0 Å². The second kappa shape index (κ2) is 5.34. The number of carbonyl (C=O) groups excluding carboxylic acids is 1. The topological polar surface area (TPSA) is 57.6 Å². The normalized spacial score (nSPS) is 14.2. The van der Waals surface area contributed by atoms with Gasteiger partial charge in [0.2, 0.25) is 0 Å². The van der Waals surface area contributed by atoms with Crippen LogP contribution in [0.15, 0.2) is 18.2 Å². The maximum atomic E-state index is 13.5. The largest absolute Gasteiger partial charge is 0.481 e. The molecular weight excluding hydrogens is 256 g/mol. The first-order valence-electron chi connectivity index (χ1n) is 5.97. The number of benzene rings is 1. The van der Waals surface area contributed by atoms with Gasteiger partial charge < -0.3 is 10.0 Å². The first-order chi connectivity index (χ1) is 9.00. The lowest BCUT2D eigenvalue weighted by Gasteiger charge is -2.22. The molecule has 1 fully saturated rings. The zero-order valence-electron chi connectivity index (χ0n) is 10.1. The molecule has 2 rings (SSSR count). The number of aliphatic carboxylic acids is 1. The first-order valence-corrected chi connectivity index (χ1v) is 5.97. The van der Waals surface area contributed by atoms with Gasteiger partial charge in [-0.05, 0) is 25.0 Å². The molecule has 0 bridgehead atoms. The van der Waals surface area contributed by atoms with Crippen molar-refractivity contribution in [2.75, 3.05) is 6.54 Å². The Labute approximate surface area is 108 Å². The highest BCUT2D eigenvalue weighted by Gasteiger charge is 2.35. The highest BCUT2D eigenvalue weighted by atomic mass is 19.1.